The maximum atomic E-state index is 11.9. The van der Waals surface area contributed by atoms with E-state index in [9.17, 15) is 4.79 Å². The van der Waals surface area contributed by atoms with Crippen LogP contribution in [0.5, 0.6) is 0 Å². The molecular formula is C13H13BN2O3. The van der Waals surface area contributed by atoms with Gasteiger partial charge in [0.25, 0.3) is 5.91 Å². The molecule has 3 N–H and O–H groups in total. The van der Waals surface area contributed by atoms with E-state index in [2.05, 4.69) is 10.3 Å². The van der Waals surface area contributed by atoms with Crippen molar-refractivity contribution in [1.82, 2.24) is 4.98 Å². The van der Waals surface area contributed by atoms with Crippen LogP contribution >= 0.6 is 0 Å². The molecule has 0 spiro atoms. The highest BCUT2D eigenvalue weighted by Gasteiger charge is 2.12. The predicted molar refractivity (Wildman–Crippen MR) is 73.2 cm³/mol. The fourth-order valence-electron chi connectivity index (χ4n) is 1.61. The largest absolute Gasteiger partial charge is 0.488 e. The second kappa shape index (κ2) is 5.64. The summed E-state index contributed by atoms with van der Waals surface area (Å²) < 4.78 is 0. The smallest absolute Gasteiger partial charge is 0.423 e. The maximum Gasteiger partial charge on any atom is 0.488 e. The van der Waals surface area contributed by atoms with Crippen LogP contribution in [0, 0.1) is 6.92 Å². The number of nitrogens with zero attached hydrogens (tertiary/aromatic N) is 1. The Morgan fingerprint density at radius 3 is 2.42 bits per heavy atom. The van der Waals surface area contributed by atoms with Crippen LogP contribution in [0.2, 0.25) is 0 Å². The number of benzene rings is 1. The molecule has 19 heavy (non-hydrogen) atoms. The summed E-state index contributed by atoms with van der Waals surface area (Å²) in [7, 11) is -1.53. The lowest BCUT2D eigenvalue weighted by Gasteiger charge is -2.06. The number of rotatable bonds is 3. The van der Waals surface area contributed by atoms with Crippen LogP contribution in [-0.4, -0.2) is 28.1 Å². The molecule has 2 rings (SSSR count). The lowest BCUT2D eigenvalue weighted by Crippen LogP contribution is -2.29. The van der Waals surface area contributed by atoms with Gasteiger partial charge in [-0.2, -0.15) is 0 Å². The fraction of sp³-hybridized carbons (Fsp3) is 0.0769. The van der Waals surface area contributed by atoms with E-state index in [-0.39, 0.29) is 5.91 Å². The quantitative estimate of drug-likeness (QED) is 0.691. The number of amides is 1. The van der Waals surface area contributed by atoms with E-state index in [1.54, 1.807) is 6.07 Å². The number of nitrogens with one attached hydrogen (secondary N) is 1. The van der Waals surface area contributed by atoms with E-state index < -0.39 is 7.12 Å². The third kappa shape index (κ3) is 3.40. The first-order chi connectivity index (χ1) is 9.06. The molecule has 0 saturated heterocycles. The summed E-state index contributed by atoms with van der Waals surface area (Å²) >= 11 is 0. The van der Waals surface area contributed by atoms with E-state index in [0.717, 1.165) is 5.69 Å². The summed E-state index contributed by atoms with van der Waals surface area (Å²) in [5.74, 6) is 0.188. The van der Waals surface area contributed by atoms with Gasteiger partial charge in [0.1, 0.15) is 5.82 Å². The number of hydrogen-bond acceptors (Lipinski definition) is 4. The second-order valence-electron chi connectivity index (χ2n) is 4.11. The third-order valence-electron chi connectivity index (χ3n) is 2.60. The summed E-state index contributed by atoms with van der Waals surface area (Å²) in [6, 6.07) is 11.4. The Morgan fingerprint density at radius 1 is 1.16 bits per heavy atom. The molecule has 0 fully saturated rings. The fourth-order valence-corrected chi connectivity index (χ4v) is 1.61. The van der Waals surface area contributed by atoms with Crippen LogP contribution in [0.4, 0.5) is 5.82 Å². The van der Waals surface area contributed by atoms with Crippen LogP contribution in [0.15, 0.2) is 42.5 Å². The average Bonchev–Trinajstić information content (AvgIpc) is 2.39. The van der Waals surface area contributed by atoms with Crippen molar-refractivity contribution < 1.29 is 14.8 Å². The molecule has 1 aromatic carbocycles. The molecule has 1 amide bonds. The number of hydrogen-bond donors (Lipinski definition) is 3. The van der Waals surface area contributed by atoms with Crippen molar-refractivity contribution in [3.8, 4) is 0 Å². The van der Waals surface area contributed by atoms with Crippen molar-refractivity contribution in [2.45, 2.75) is 6.92 Å². The van der Waals surface area contributed by atoms with Crippen molar-refractivity contribution >= 4 is 24.3 Å². The van der Waals surface area contributed by atoms with Crippen molar-refractivity contribution in [2.24, 2.45) is 0 Å². The molecule has 0 unspecified atom stereocenters. The molecule has 0 bridgehead atoms. The van der Waals surface area contributed by atoms with Gasteiger partial charge in [0, 0.05) is 11.3 Å². The zero-order valence-electron chi connectivity index (χ0n) is 10.4. The zero-order valence-corrected chi connectivity index (χ0v) is 10.4. The normalized spacial score (nSPS) is 10.1. The summed E-state index contributed by atoms with van der Waals surface area (Å²) in [6.07, 6.45) is 0. The third-order valence-corrected chi connectivity index (χ3v) is 2.60. The number of aromatic nitrogens is 1. The van der Waals surface area contributed by atoms with E-state index in [4.69, 9.17) is 10.0 Å². The van der Waals surface area contributed by atoms with Crippen LogP contribution in [0.1, 0.15) is 16.1 Å². The summed E-state index contributed by atoms with van der Waals surface area (Å²) in [5, 5.41) is 20.6. The molecule has 1 heterocycles. The van der Waals surface area contributed by atoms with Gasteiger partial charge in [0.05, 0.1) is 0 Å². The predicted octanol–water partition coefficient (Wildman–Crippen LogP) is 0.322. The van der Waals surface area contributed by atoms with Gasteiger partial charge in [-0.3, -0.25) is 4.79 Å². The Morgan fingerprint density at radius 2 is 1.84 bits per heavy atom. The molecule has 1 aromatic heterocycles. The number of carbonyl (C=O) groups is 1. The second-order valence-corrected chi connectivity index (χ2v) is 4.11. The number of aryl methyl sites for hydroxylation is 1. The Hall–Kier alpha value is -2.18. The summed E-state index contributed by atoms with van der Waals surface area (Å²) in [5.41, 5.74) is 1.58. The van der Waals surface area contributed by atoms with Crippen molar-refractivity contribution in [2.75, 3.05) is 5.32 Å². The molecule has 0 aliphatic carbocycles. The SMILES string of the molecule is Cc1cccc(NC(=O)c2ccc(B(O)O)cc2)n1. The minimum Gasteiger partial charge on any atom is -0.423 e. The molecule has 5 nitrogen and oxygen atoms in total. The van der Waals surface area contributed by atoms with Gasteiger partial charge in [0.2, 0.25) is 0 Å². The van der Waals surface area contributed by atoms with Gasteiger partial charge in [-0.1, -0.05) is 18.2 Å². The minimum absolute atomic E-state index is 0.294. The Kier molecular flexibility index (Phi) is 3.94. The van der Waals surface area contributed by atoms with Crippen molar-refractivity contribution in [3.05, 3.63) is 53.7 Å². The minimum atomic E-state index is -1.53. The van der Waals surface area contributed by atoms with E-state index in [1.165, 1.54) is 24.3 Å². The maximum absolute atomic E-state index is 11.9. The van der Waals surface area contributed by atoms with Crippen molar-refractivity contribution in [1.29, 1.82) is 0 Å². The van der Waals surface area contributed by atoms with Crippen LogP contribution in [0.3, 0.4) is 0 Å². The van der Waals surface area contributed by atoms with E-state index in [0.29, 0.717) is 16.8 Å². The van der Waals surface area contributed by atoms with Gasteiger partial charge in [-0.25, -0.2) is 4.98 Å². The Balaban J connectivity index is 2.11. The van der Waals surface area contributed by atoms with Crippen molar-refractivity contribution in [3.63, 3.8) is 0 Å². The summed E-state index contributed by atoms with van der Waals surface area (Å²) in [6.45, 7) is 1.84. The zero-order chi connectivity index (χ0) is 13.8. The first-order valence-electron chi connectivity index (χ1n) is 5.77. The molecular weight excluding hydrogens is 243 g/mol. The number of carbonyl (C=O) groups excluding carboxylic acids is 1. The van der Waals surface area contributed by atoms with Crippen LogP contribution in [0.25, 0.3) is 0 Å². The first-order valence-corrected chi connectivity index (χ1v) is 5.77. The van der Waals surface area contributed by atoms with Crippen LogP contribution in [-0.2, 0) is 0 Å². The van der Waals surface area contributed by atoms with Gasteiger partial charge < -0.3 is 15.4 Å². The highest BCUT2D eigenvalue weighted by Crippen LogP contribution is 2.07. The standard InChI is InChI=1S/C13H13BN2O3/c1-9-3-2-4-12(15-9)16-13(17)10-5-7-11(8-6-10)14(18)19/h2-8,18-19H,1H3,(H,15,16,17). The molecule has 6 heteroatoms. The van der Waals surface area contributed by atoms with Gasteiger partial charge in [-0.05, 0) is 36.7 Å². The Labute approximate surface area is 111 Å². The van der Waals surface area contributed by atoms with Gasteiger partial charge in [-0.15, -0.1) is 0 Å². The van der Waals surface area contributed by atoms with E-state index in [1.807, 2.05) is 19.1 Å². The molecule has 2 aromatic rings. The summed E-state index contributed by atoms with van der Waals surface area (Å²) in [4.78, 5) is 16.1. The molecule has 0 atom stereocenters. The monoisotopic (exact) mass is 256 g/mol. The molecule has 96 valence electrons. The topological polar surface area (TPSA) is 82.5 Å². The lowest BCUT2D eigenvalue weighted by molar-refractivity contribution is 0.102. The first kappa shape index (κ1) is 13.3. The lowest BCUT2D eigenvalue weighted by atomic mass is 9.80. The Bertz CT molecular complexity index is 585. The highest BCUT2D eigenvalue weighted by molar-refractivity contribution is 6.58. The van der Waals surface area contributed by atoms with Gasteiger partial charge >= 0.3 is 7.12 Å². The number of anilines is 1. The molecule has 0 aliphatic rings. The molecule has 0 saturated carbocycles. The molecule has 0 radical (unpaired) electrons. The van der Waals surface area contributed by atoms with Gasteiger partial charge in [0.15, 0.2) is 0 Å². The number of pyridine rings is 1. The molecule has 0 aliphatic heterocycles. The van der Waals surface area contributed by atoms with E-state index >= 15 is 0 Å². The van der Waals surface area contributed by atoms with Crippen LogP contribution < -0.4 is 10.8 Å². The highest BCUT2D eigenvalue weighted by atomic mass is 16.4. The average molecular weight is 256 g/mol.